The predicted octanol–water partition coefficient (Wildman–Crippen LogP) is 1.41. The van der Waals surface area contributed by atoms with E-state index in [0.717, 1.165) is 12.0 Å². The summed E-state index contributed by atoms with van der Waals surface area (Å²) >= 11 is 0. The molecule has 0 aromatic heterocycles. The summed E-state index contributed by atoms with van der Waals surface area (Å²) in [6, 6.07) is 0. The number of carbonyl (C=O) groups is 1. The molecule has 0 bridgehead atoms. The first-order chi connectivity index (χ1) is 5.40. The van der Waals surface area contributed by atoms with Crippen LogP contribution in [0, 0.1) is 0 Å². The molecule has 0 heterocycles. The molecule has 70 valence electrons. The molecule has 0 unspecified atom stereocenters. The molecule has 0 spiro atoms. The minimum Gasteiger partial charge on any atom is -0.480 e. The van der Waals surface area contributed by atoms with Crippen LogP contribution in [0.15, 0.2) is 12.2 Å². The van der Waals surface area contributed by atoms with E-state index < -0.39 is 11.5 Å². The first-order valence-corrected chi connectivity index (χ1v) is 4.05. The van der Waals surface area contributed by atoms with Crippen LogP contribution in [0.3, 0.4) is 0 Å². The number of hydrogen-bond donors (Lipinski definition) is 2. The fourth-order valence-corrected chi connectivity index (χ4v) is 0.547. The summed E-state index contributed by atoms with van der Waals surface area (Å²) in [6.45, 7) is 9.62. The summed E-state index contributed by atoms with van der Waals surface area (Å²) < 4.78 is 0. The Labute approximate surface area is 73.5 Å². The second-order valence-electron chi connectivity index (χ2n) is 3.39. The zero-order valence-corrected chi connectivity index (χ0v) is 7.98. The average molecular weight is 171 g/mol. The Hall–Kier alpha value is -0.830. The van der Waals surface area contributed by atoms with Gasteiger partial charge in [-0.15, -0.1) is 0 Å². The third-order valence-electron chi connectivity index (χ3n) is 1.81. The van der Waals surface area contributed by atoms with Crippen molar-refractivity contribution in [3.8, 4) is 0 Å². The van der Waals surface area contributed by atoms with Gasteiger partial charge in [-0.1, -0.05) is 19.1 Å². The zero-order valence-electron chi connectivity index (χ0n) is 7.98. The van der Waals surface area contributed by atoms with Crippen molar-refractivity contribution in [2.75, 3.05) is 6.54 Å². The summed E-state index contributed by atoms with van der Waals surface area (Å²) in [5.41, 5.74) is 0.155. The van der Waals surface area contributed by atoms with Gasteiger partial charge < -0.3 is 5.11 Å². The minimum absolute atomic E-state index is 0.565. The molecule has 0 aliphatic heterocycles. The molecule has 0 fully saturated rings. The number of carboxylic acids is 1. The van der Waals surface area contributed by atoms with Crippen molar-refractivity contribution in [1.29, 1.82) is 0 Å². The van der Waals surface area contributed by atoms with Gasteiger partial charge in [0.05, 0.1) is 0 Å². The topological polar surface area (TPSA) is 49.3 Å². The van der Waals surface area contributed by atoms with E-state index in [0.29, 0.717) is 6.54 Å². The van der Waals surface area contributed by atoms with E-state index in [9.17, 15) is 4.79 Å². The van der Waals surface area contributed by atoms with Crippen LogP contribution in [0.5, 0.6) is 0 Å². The fourth-order valence-electron chi connectivity index (χ4n) is 0.547. The van der Waals surface area contributed by atoms with Crippen molar-refractivity contribution in [3.05, 3.63) is 12.2 Å². The molecule has 0 aliphatic carbocycles. The minimum atomic E-state index is -0.863. The highest BCUT2D eigenvalue weighted by molar-refractivity contribution is 5.77. The van der Waals surface area contributed by atoms with E-state index in [4.69, 9.17) is 5.11 Å². The Bertz CT molecular complexity index is 185. The number of aliphatic carboxylic acids is 1. The summed E-state index contributed by atoms with van der Waals surface area (Å²) in [7, 11) is 0. The van der Waals surface area contributed by atoms with Crippen molar-refractivity contribution >= 4 is 5.97 Å². The lowest BCUT2D eigenvalue weighted by Gasteiger charge is -2.21. The van der Waals surface area contributed by atoms with Crippen molar-refractivity contribution in [2.24, 2.45) is 0 Å². The number of hydrogen-bond acceptors (Lipinski definition) is 2. The van der Waals surface area contributed by atoms with Crippen molar-refractivity contribution < 1.29 is 9.90 Å². The molecule has 12 heavy (non-hydrogen) atoms. The van der Waals surface area contributed by atoms with Crippen molar-refractivity contribution in [1.82, 2.24) is 5.32 Å². The standard InChI is InChI=1S/C9H17NO2/c1-5-7(2)6-10-9(3,4)8(11)12/h10H,2,5-6H2,1,3-4H3,(H,11,12). The molecule has 0 saturated carbocycles. The summed E-state index contributed by atoms with van der Waals surface area (Å²) in [5, 5.41) is 11.6. The van der Waals surface area contributed by atoms with Gasteiger partial charge in [0.2, 0.25) is 0 Å². The van der Waals surface area contributed by atoms with Crippen molar-refractivity contribution in [3.63, 3.8) is 0 Å². The van der Waals surface area contributed by atoms with Crippen LogP contribution in [-0.2, 0) is 4.79 Å². The third kappa shape index (κ3) is 3.53. The van der Waals surface area contributed by atoms with Gasteiger partial charge >= 0.3 is 5.97 Å². The lowest BCUT2D eigenvalue weighted by molar-refractivity contribution is -0.143. The van der Waals surface area contributed by atoms with E-state index in [1.54, 1.807) is 13.8 Å². The van der Waals surface area contributed by atoms with E-state index in [-0.39, 0.29) is 0 Å². The summed E-state index contributed by atoms with van der Waals surface area (Å²) in [5.74, 6) is -0.841. The molecule has 0 rings (SSSR count). The Morgan fingerprint density at radius 2 is 2.08 bits per heavy atom. The van der Waals surface area contributed by atoms with Gasteiger partial charge in [0.15, 0.2) is 0 Å². The number of carboxylic acid groups (broad SMARTS) is 1. The van der Waals surface area contributed by atoms with Gasteiger partial charge in [0, 0.05) is 6.54 Å². The predicted molar refractivity (Wildman–Crippen MR) is 49.1 cm³/mol. The second kappa shape index (κ2) is 4.26. The maximum atomic E-state index is 10.6. The van der Waals surface area contributed by atoms with Gasteiger partial charge in [-0.3, -0.25) is 10.1 Å². The molecule has 0 aromatic rings. The Balaban J connectivity index is 3.92. The summed E-state index contributed by atoms with van der Waals surface area (Å²) in [6.07, 6.45) is 0.878. The molecule has 0 aliphatic rings. The summed E-state index contributed by atoms with van der Waals surface area (Å²) in [4.78, 5) is 10.6. The lowest BCUT2D eigenvalue weighted by Crippen LogP contribution is -2.47. The smallest absolute Gasteiger partial charge is 0.323 e. The lowest BCUT2D eigenvalue weighted by atomic mass is 10.1. The number of rotatable bonds is 5. The van der Waals surface area contributed by atoms with Gasteiger partial charge in [-0.2, -0.15) is 0 Å². The maximum Gasteiger partial charge on any atom is 0.323 e. The van der Waals surface area contributed by atoms with Crippen LogP contribution in [0.1, 0.15) is 27.2 Å². The maximum absolute atomic E-state index is 10.6. The number of nitrogens with one attached hydrogen (secondary N) is 1. The average Bonchev–Trinajstić information content (AvgIpc) is 2.00. The highest BCUT2D eigenvalue weighted by Gasteiger charge is 2.25. The third-order valence-corrected chi connectivity index (χ3v) is 1.81. The highest BCUT2D eigenvalue weighted by atomic mass is 16.4. The van der Waals surface area contributed by atoms with Gasteiger partial charge in [0.1, 0.15) is 5.54 Å². The van der Waals surface area contributed by atoms with Crippen LogP contribution in [-0.4, -0.2) is 23.2 Å². The van der Waals surface area contributed by atoms with E-state index in [2.05, 4.69) is 11.9 Å². The first kappa shape index (κ1) is 11.2. The van der Waals surface area contributed by atoms with Crippen LogP contribution in [0.25, 0.3) is 0 Å². The molecular weight excluding hydrogens is 154 g/mol. The molecule has 0 atom stereocenters. The van der Waals surface area contributed by atoms with E-state index in [1.165, 1.54) is 0 Å². The molecule has 0 aromatic carbocycles. The molecule has 0 amide bonds. The molecule has 2 N–H and O–H groups in total. The largest absolute Gasteiger partial charge is 0.480 e. The normalized spacial score (nSPS) is 11.2. The molecule has 3 nitrogen and oxygen atoms in total. The fraction of sp³-hybridized carbons (Fsp3) is 0.667. The molecule has 3 heteroatoms. The van der Waals surface area contributed by atoms with Crippen LogP contribution in [0.4, 0.5) is 0 Å². The quantitative estimate of drug-likeness (QED) is 0.615. The SMILES string of the molecule is C=C(CC)CNC(C)(C)C(=O)O. The van der Waals surface area contributed by atoms with Crippen molar-refractivity contribution in [2.45, 2.75) is 32.7 Å². The molecule has 0 saturated heterocycles. The zero-order chi connectivity index (χ0) is 9.78. The van der Waals surface area contributed by atoms with Gasteiger partial charge in [-0.05, 0) is 20.3 Å². The first-order valence-electron chi connectivity index (χ1n) is 4.05. The van der Waals surface area contributed by atoms with Gasteiger partial charge in [-0.25, -0.2) is 0 Å². The molecule has 0 radical (unpaired) electrons. The Kier molecular flexibility index (Phi) is 3.96. The van der Waals surface area contributed by atoms with Gasteiger partial charge in [0.25, 0.3) is 0 Å². The monoisotopic (exact) mass is 171 g/mol. The second-order valence-corrected chi connectivity index (χ2v) is 3.39. The van der Waals surface area contributed by atoms with Crippen LogP contribution in [0.2, 0.25) is 0 Å². The highest BCUT2D eigenvalue weighted by Crippen LogP contribution is 2.03. The van der Waals surface area contributed by atoms with E-state index >= 15 is 0 Å². The van der Waals surface area contributed by atoms with Crippen LogP contribution < -0.4 is 5.32 Å². The molecular formula is C9H17NO2. The Morgan fingerprint density at radius 1 is 1.58 bits per heavy atom. The van der Waals surface area contributed by atoms with Crippen LogP contribution >= 0.6 is 0 Å². The Morgan fingerprint density at radius 3 is 2.42 bits per heavy atom. The van der Waals surface area contributed by atoms with E-state index in [1.807, 2.05) is 6.92 Å².